The Morgan fingerprint density at radius 1 is 1.16 bits per heavy atom. The van der Waals surface area contributed by atoms with Gasteiger partial charge in [-0.15, -0.1) is 0 Å². The zero-order chi connectivity index (χ0) is 27.1. The van der Waals surface area contributed by atoms with E-state index in [4.69, 9.17) is 4.74 Å². The summed E-state index contributed by atoms with van der Waals surface area (Å²) in [6.07, 6.45) is 0.333. The highest BCUT2D eigenvalue weighted by molar-refractivity contribution is 5.79. The van der Waals surface area contributed by atoms with Gasteiger partial charge in [0.1, 0.15) is 11.7 Å². The van der Waals surface area contributed by atoms with Crippen LogP contribution in [0.5, 0.6) is 0 Å². The molecule has 1 N–H and O–H groups in total. The van der Waals surface area contributed by atoms with E-state index in [2.05, 4.69) is 15.0 Å². The number of carbonyl (C=O) groups is 1. The number of hydrogen-bond donors (Lipinski definition) is 1. The largest absolute Gasteiger partial charge is 0.389 e. The third-order valence-electron chi connectivity index (χ3n) is 8.40. The van der Waals surface area contributed by atoms with Crippen molar-refractivity contribution in [3.05, 3.63) is 22.9 Å². The van der Waals surface area contributed by atoms with Crippen LogP contribution in [-0.2, 0) is 16.1 Å². The van der Waals surface area contributed by atoms with E-state index < -0.39 is 35.4 Å². The number of ether oxygens (including phenoxy) is 1. The highest BCUT2D eigenvalue weighted by Gasteiger charge is 2.56. The van der Waals surface area contributed by atoms with Gasteiger partial charge in [0.2, 0.25) is 11.9 Å². The molecule has 13 heteroatoms. The quantitative estimate of drug-likeness (QED) is 0.616. The average molecular weight is 539 g/mol. The number of likely N-dealkylation sites (tertiary alicyclic amines) is 1. The summed E-state index contributed by atoms with van der Waals surface area (Å²) >= 11 is 0. The van der Waals surface area contributed by atoms with Gasteiger partial charge in [0.25, 0.3) is 5.56 Å². The fourth-order valence-electron chi connectivity index (χ4n) is 6.29. The van der Waals surface area contributed by atoms with Gasteiger partial charge in [0.15, 0.2) is 5.65 Å². The topological polar surface area (TPSA) is 114 Å². The number of aliphatic hydroxyl groups is 1. The van der Waals surface area contributed by atoms with Crippen LogP contribution in [-0.4, -0.2) is 86.6 Å². The van der Waals surface area contributed by atoms with Crippen molar-refractivity contribution >= 4 is 22.9 Å². The van der Waals surface area contributed by atoms with E-state index in [1.807, 2.05) is 4.90 Å². The van der Waals surface area contributed by atoms with Crippen molar-refractivity contribution in [2.45, 2.75) is 63.8 Å². The number of halogens is 3. The standard InChI is InChI=1S/C25H33F3N6O4/c1-17(12-25(26,27)28)20(35)33-7-6-24(37,23(14-33)4-2-3-5-23)15-34-16-30-19-18(21(34)36)13-29-22(31-19)32-8-10-38-11-9-32/h13,16-17,37H,2-12,14-15H2,1H3/t17-,24?/m1/s1. The number of carbonyl (C=O) groups excluding carboxylic acids is 1. The van der Waals surface area contributed by atoms with Crippen molar-refractivity contribution in [3.8, 4) is 0 Å². The monoisotopic (exact) mass is 538 g/mol. The molecule has 2 saturated heterocycles. The number of hydrogen-bond acceptors (Lipinski definition) is 8. The molecule has 38 heavy (non-hydrogen) atoms. The lowest BCUT2D eigenvalue weighted by Gasteiger charge is -2.52. The summed E-state index contributed by atoms with van der Waals surface area (Å²) in [5.74, 6) is -1.26. The molecule has 5 rings (SSSR count). The van der Waals surface area contributed by atoms with Gasteiger partial charge in [-0.1, -0.05) is 19.8 Å². The Labute approximate surface area is 217 Å². The third kappa shape index (κ3) is 5.09. The number of anilines is 1. The first-order valence-corrected chi connectivity index (χ1v) is 13.1. The Morgan fingerprint density at radius 3 is 2.55 bits per heavy atom. The molecule has 3 aliphatic rings. The first kappa shape index (κ1) is 26.8. The van der Waals surface area contributed by atoms with Crippen LogP contribution in [0.25, 0.3) is 11.0 Å². The molecule has 2 aliphatic heterocycles. The van der Waals surface area contributed by atoms with Crippen molar-refractivity contribution < 1.29 is 27.8 Å². The second-order valence-electron chi connectivity index (χ2n) is 10.9. The van der Waals surface area contributed by atoms with Gasteiger partial charge in [-0.2, -0.15) is 18.2 Å². The summed E-state index contributed by atoms with van der Waals surface area (Å²) in [4.78, 5) is 42.9. The Bertz CT molecular complexity index is 1240. The Hall–Kier alpha value is -2.80. The summed E-state index contributed by atoms with van der Waals surface area (Å²) in [6.45, 7) is 4.00. The number of morpholine rings is 1. The fourth-order valence-corrected chi connectivity index (χ4v) is 6.29. The average Bonchev–Trinajstić information content (AvgIpc) is 3.36. The Morgan fingerprint density at radius 2 is 1.87 bits per heavy atom. The maximum atomic E-state index is 13.4. The minimum Gasteiger partial charge on any atom is -0.387 e. The summed E-state index contributed by atoms with van der Waals surface area (Å²) in [5, 5.41) is 12.2. The van der Waals surface area contributed by atoms with Gasteiger partial charge in [-0.25, -0.2) is 9.97 Å². The van der Waals surface area contributed by atoms with Crippen molar-refractivity contribution in [3.63, 3.8) is 0 Å². The van der Waals surface area contributed by atoms with Crippen molar-refractivity contribution in [2.24, 2.45) is 11.3 Å². The van der Waals surface area contributed by atoms with Crippen LogP contribution < -0.4 is 10.5 Å². The van der Waals surface area contributed by atoms with E-state index in [9.17, 15) is 27.9 Å². The number of fused-ring (bicyclic) bond motifs is 1. The molecule has 1 spiro atoms. The number of alkyl halides is 3. The summed E-state index contributed by atoms with van der Waals surface area (Å²) in [7, 11) is 0. The molecule has 2 aromatic rings. The van der Waals surface area contributed by atoms with Gasteiger partial charge < -0.3 is 19.6 Å². The fraction of sp³-hybridized carbons (Fsp3) is 0.720. The van der Waals surface area contributed by atoms with E-state index in [0.29, 0.717) is 45.1 Å². The number of rotatable bonds is 5. The first-order chi connectivity index (χ1) is 18.0. The van der Waals surface area contributed by atoms with Crippen LogP contribution in [0.1, 0.15) is 45.4 Å². The van der Waals surface area contributed by atoms with E-state index in [1.54, 1.807) is 0 Å². The van der Waals surface area contributed by atoms with Crippen molar-refractivity contribution in [1.29, 1.82) is 0 Å². The normalized spacial score (nSPS) is 24.8. The maximum absolute atomic E-state index is 13.4. The molecular weight excluding hydrogens is 505 g/mol. The van der Waals surface area contributed by atoms with Crippen LogP contribution in [0.2, 0.25) is 0 Å². The highest BCUT2D eigenvalue weighted by atomic mass is 19.4. The maximum Gasteiger partial charge on any atom is 0.389 e. The second kappa shape index (κ2) is 10.1. The molecule has 10 nitrogen and oxygen atoms in total. The molecule has 2 aromatic heterocycles. The van der Waals surface area contributed by atoms with Gasteiger partial charge in [-0.3, -0.25) is 14.2 Å². The molecule has 4 heterocycles. The summed E-state index contributed by atoms with van der Waals surface area (Å²) < 4.78 is 45.4. The molecule has 1 saturated carbocycles. The predicted octanol–water partition coefficient (Wildman–Crippen LogP) is 2.14. The summed E-state index contributed by atoms with van der Waals surface area (Å²) in [6, 6.07) is 0. The lowest BCUT2D eigenvalue weighted by Crippen LogP contribution is -2.62. The molecule has 3 fully saturated rings. The summed E-state index contributed by atoms with van der Waals surface area (Å²) in [5.41, 5.74) is -2.13. The third-order valence-corrected chi connectivity index (χ3v) is 8.40. The molecule has 1 amide bonds. The van der Waals surface area contributed by atoms with Crippen LogP contribution in [0, 0.1) is 11.3 Å². The predicted molar refractivity (Wildman–Crippen MR) is 132 cm³/mol. The van der Waals surface area contributed by atoms with Crippen molar-refractivity contribution in [1.82, 2.24) is 24.4 Å². The first-order valence-electron chi connectivity index (χ1n) is 13.1. The van der Waals surface area contributed by atoms with Gasteiger partial charge in [0.05, 0.1) is 31.8 Å². The van der Waals surface area contributed by atoms with Gasteiger partial charge >= 0.3 is 6.18 Å². The van der Waals surface area contributed by atoms with Crippen molar-refractivity contribution in [2.75, 3.05) is 44.3 Å². The van der Waals surface area contributed by atoms with Crippen LogP contribution in [0.4, 0.5) is 19.1 Å². The molecule has 0 aromatic carbocycles. The number of amides is 1. The van der Waals surface area contributed by atoms with Crippen LogP contribution >= 0.6 is 0 Å². The zero-order valence-electron chi connectivity index (χ0n) is 21.4. The van der Waals surface area contributed by atoms with E-state index in [1.165, 1.54) is 28.9 Å². The minimum atomic E-state index is -4.42. The molecule has 0 bridgehead atoms. The molecule has 208 valence electrons. The Kier molecular flexibility index (Phi) is 7.10. The second-order valence-corrected chi connectivity index (χ2v) is 10.9. The number of aromatic nitrogens is 4. The van der Waals surface area contributed by atoms with E-state index in [0.717, 1.165) is 12.8 Å². The van der Waals surface area contributed by atoms with E-state index in [-0.39, 0.29) is 42.6 Å². The number of nitrogens with zero attached hydrogens (tertiary/aromatic N) is 6. The minimum absolute atomic E-state index is 0.0277. The van der Waals surface area contributed by atoms with Crippen LogP contribution in [0.3, 0.4) is 0 Å². The SMILES string of the molecule is C[C@H](CC(F)(F)F)C(=O)N1CCC(O)(Cn2cnc3nc(N4CCOCC4)ncc3c2=O)C2(CCCC2)C1. The lowest BCUT2D eigenvalue weighted by atomic mass is 9.65. The molecule has 1 unspecified atom stereocenters. The molecule has 2 atom stereocenters. The zero-order valence-corrected chi connectivity index (χ0v) is 21.4. The van der Waals surface area contributed by atoms with Gasteiger partial charge in [-0.05, 0) is 19.3 Å². The van der Waals surface area contributed by atoms with Gasteiger partial charge in [0, 0.05) is 43.7 Å². The van der Waals surface area contributed by atoms with E-state index >= 15 is 0 Å². The van der Waals surface area contributed by atoms with Crippen LogP contribution in [0.15, 0.2) is 17.3 Å². The smallest absolute Gasteiger partial charge is 0.387 e. The lowest BCUT2D eigenvalue weighted by molar-refractivity contribution is -0.172. The molecular formula is C25H33F3N6O4. The Balaban J connectivity index is 1.37. The molecule has 0 radical (unpaired) electrons. The highest BCUT2D eigenvalue weighted by Crippen LogP contribution is 2.51. The number of piperidine rings is 1. The molecule has 1 aliphatic carbocycles.